The number of anilines is 1. The Hall–Kier alpha value is -1.84. The van der Waals surface area contributed by atoms with Crippen LogP contribution in [-0.4, -0.2) is 9.78 Å². The highest BCUT2D eigenvalue weighted by Gasteiger charge is 2.08. The molecule has 1 atom stereocenters. The molecule has 2 rings (SSSR count). The summed E-state index contributed by atoms with van der Waals surface area (Å²) in [6.07, 6.45) is 0. The van der Waals surface area contributed by atoms with Crippen molar-refractivity contribution in [1.82, 2.24) is 9.78 Å². The molecule has 0 aliphatic heterocycles. The first kappa shape index (κ1) is 11.6. The number of benzene rings is 1. The van der Waals surface area contributed by atoms with Gasteiger partial charge in [0.05, 0.1) is 6.04 Å². The van der Waals surface area contributed by atoms with E-state index >= 15 is 0 Å². The van der Waals surface area contributed by atoms with Crippen LogP contribution in [0.3, 0.4) is 0 Å². The lowest BCUT2D eigenvalue weighted by Crippen LogP contribution is -2.07. The molecule has 0 bridgehead atoms. The van der Waals surface area contributed by atoms with Gasteiger partial charge in [-0.25, -0.2) is 4.39 Å². The molecule has 0 aliphatic rings. The summed E-state index contributed by atoms with van der Waals surface area (Å²) in [5, 5.41) is 7.56. The van der Waals surface area contributed by atoms with Crippen molar-refractivity contribution >= 4 is 5.82 Å². The van der Waals surface area contributed by atoms with Crippen molar-refractivity contribution in [3.8, 4) is 0 Å². The van der Waals surface area contributed by atoms with Gasteiger partial charge in [-0.3, -0.25) is 4.68 Å². The van der Waals surface area contributed by atoms with E-state index in [0.29, 0.717) is 0 Å². The maximum absolute atomic E-state index is 13.1. The second kappa shape index (κ2) is 4.57. The lowest BCUT2D eigenvalue weighted by molar-refractivity contribution is 0.623. The van der Waals surface area contributed by atoms with Gasteiger partial charge in [0.25, 0.3) is 0 Å². The monoisotopic (exact) mass is 233 g/mol. The third-order valence-corrected chi connectivity index (χ3v) is 2.83. The Bertz CT molecular complexity index is 500. The third-order valence-electron chi connectivity index (χ3n) is 2.83. The van der Waals surface area contributed by atoms with Crippen LogP contribution in [0.5, 0.6) is 0 Å². The summed E-state index contributed by atoms with van der Waals surface area (Å²) in [6, 6.07) is 8.59. The predicted octanol–water partition coefficient (Wildman–Crippen LogP) is 3.04. The maximum Gasteiger partial charge on any atom is 0.148 e. The maximum atomic E-state index is 13.1. The minimum atomic E-state index is -0.214. The van der Waals surface area contributed by atoms with Crippen LogP contribution in [0.2, 0.25) is 0 Å². The van der Waals surface area contributed by atoms with E-state index in [-0.39, 0.29) is 11.9 Å². The fraction of sp³-hybridized carbons (Fsp3) is 0.308. The molecule has 3 nitrogen and oxygen atoms in total. The number of aryl methyl sites for hydroxylation is 2. The van der Waals surface area contributed by atoms with Crippen LogP contribution in [0, 0.1) is 12.7 Å². The molecule has 0 radical (unpaired) electrons. The summed E-state index contributed by atoms with van der Waals surface area (Å²) in [7, 11) is 1.90. The Morgan fingerprint density at radius 2 is 2.12 bits per heavy atom. The van der Waals surface area contributed by atoms with Crippen molar-refractivity contribution in [2.24, 2.45) is 7.05 Å². The van der Waals surface area contributed by atoms with Gasteiger partial charge >= 0.3 is 0 Å². The highest BCUT2D eigenvalue weighted by atomic mass is 19.1. The summed E-state index contributed by atoms with van der Waals surface area (Å²) in [4.78, 5) is 0. The number of aromatic nitrogens is 2. The molecule has 1 unspecified atom stereocenters. The minimum absolute atomic E-state index is 0.0278. The molecule has 1 aromatic heterocycles. The average molecular weight is 233 g/mol. The average Bonchev–Trinajstić information content (AvgIpc) is 2.58. The minimum Gasteiger partial charge on any atom is -0.362 e. The van der Waals surface area contributed by atoms with E-state index in [1.807, 2.05) is 33.0 Å². The van der Waals surface area contributed by atoms with Gasteiger partial charge in [0, 0.05) is 18.8 Å². The number of nitrogens with zero attached hydrogens (tertiary/aromatic N) is 2. The first-order chi connectivity index (χ1) is 8.06. The van der Waals surface area contributed by atoms with E-state index in [9.17, 15) is 4.39 Å². The van der Waals surface area contributed by atoms with Crippen LogP contribution in [-0.2, 0) is 7.05 Å². The van der Waals surface area contributed by atoms with E-state index in [1.54, 1.807) is 10.7 Å². The molecule has 1 heterocycles. The number of hydrogen-bond acceptors (Lipinski definition) is 2. The molecule has 0 spiro atoms. The van der Waals surface area contributed by atoms with Gasteiger partial charge in [-0.05, 0) is 31.5 Å². The van der Waals surface area contributed by atoms with E-state index in [2.05, 4.69) is 10.4 Å². The molecule has 0 saturated heterocycles. The quantitative estimate of drug-likeness (QED) is 0.883. The molecule has 17 heavy (non-hydrogen) atoms. The Kier molecular flexibility index (Phi) is 3.13. The van der Waals surface area contributed by atoms with Gasteiger partial charge in [-0.2, -0.15) is 5.10 Å². The number of rotatable bonds is 3. The summed E-state index contributed by atoms with van der Waals surface area (Å²) in [6.45, 7) is 3.98. The molecular formula is C13H16FN3. The second-order valence-electron chi connectivity index (χ2n) is 4.22. The highest BCUT2D eigenvalue weighted by molar-refractivity contribution is 5.39. The Balaban J connectivity index is 2.14. The smallest absolute Gasteiger partial charge is 0.148 e. The Morgan fingerprint density at radius 1 is 1.35 bits per heavy atom. The van der Waals surface area contributed by atoms with Crippen LogP contribution in [0.25, 0.3) is 0 Å². The summed E-state index contributed by atoms with van der Waals surface area (Å²) >= 11 is 0. The summed E-state index contributed by atoms with van der Waals surface area (Å²) < 4.78 is 14.9. The number of nitrogens with one attached hydrogen (secondary N) is 1. The summed E-state index contributed by atoms with van der Waals surface area (Å²) in [5.41, 5.74) is 1.99. The van der Waals surface area contributed by atoms with Gasteiger partial charge in [-0.1, -0.05) is 12.1 Å². The SMILES string of the molecule is Cc1cc(NC(C)c2cccc(F)c2)nn1C. The fourth-order valence-electron chi connectivity index (χ4n) is 1.71. The second-order valence-corrected chi connectivity index (χ2v) is 4.22. The van der Waals surface area contributed by atoms with E-state index in [1.165, 1.54) is 12.1 Å². The van der Waals surface area contributed by atoms with Gasteiger partial charge in [0.15, 0.2) is 0 Å². The van der Waals surface area contributed by atoms with Gasteiger partial charge in [0.1, 0.15) is 11.6 Å². The van der Waals surface area contributed by atoms with Crippen molar-refractivity contribution in [3.05, 3.63) is 47.4 Å². The topological polar surface area (TPSA) is 29.9 Å². The number of hydrogen-bond donors (Lipinski definition) is 1. The Labute approximate surface area is 100 Å². The predicted molar refractivity (Wildman–Crippen MR) is 66.4 cm³/mol. The lowest BCUT2D eigenvalue weighted by atomic mass is 10.1. The molecule has 0 aliphatic carbocycles. The molecule has 0 amide bonds. The van der Waals surface area contributed by atoms with Crippen molar-refractivity contribution in [2.75, 3.05) is 5.32 Å². The van der Waals surface area contributed by atoms with Crippen molar-refractivity contribution in [3.63, 3.8) is 0 Å². The molecule has 90 valence electrons. The first-order valence-electron chi connectivity index (χ1n) is 5.59. The molecule has 1 aromatic carbocycles. The van der Waals surface area contributed by atoms with Crippen LogP contribution in [0.4, 0.5) is 10.2 Å². The zero-order valence-corrected chi connectivity index (χ0v) is 10.2. The third kappa shape index (κ3) is 2.64. The van der Waals surface area contributed by atoms with Gasteiger partial charge in [-0.15, -0.1) is 0 Å². The van der Waals surface area contributed by atoms with Gasteiger partial charge in [0.2, 0.25) is 0 Å². The largest absolute Gasteiger partial charge is 0.362 e. The zero-order valence-electron chi connectivity index (χ0n) is 10.2. The molecule has 0 saturated carbocycles. The zero-order chi connectivity index (χ0) is 12.4. The summed E-state index contributed by atoms with van der Waals surface area (Å²) in [5.74, 6) is 0.593. The molecule has 2 aromatic rings. The van der Waals surface area contributed by atoms with Crippen LogP contribution in [0.15, 0.2) is 30.3 Å². The van der Waals surface area contributed by atoms with Crippen molar-refractivity contribution < 1.29 is 4.39 Å². The van der Waals surface area contributed by atoms with Gasteiger partial charge < -0.3 is 5.32 Å². The molecule has 1 N–H and O–H groups in total. The van der Waals surface area contributed by atoms with Crippen LogP contribution >= 0.6 is 0 Å². The van der Waals surface area contributed by atoms with E-state index in [4.69, 9.17) is 0 Å². The highest BCUT2D eigenvalue weighted by Crippen LogP contribution is 2.19. The lowest BCUT2D eigenvalue weighted by Gasteiger charge is -2.13. The molecule has 0 fully saturated rings. The Morgan fingerprint density at radius 3 is 2.71 bits per heavy atom. The van der Waals surface area contributed by atoms with E-state index < -0.39 is 0 Å². The van der Waals surface area contributed by atoms with Crippen molar-refractivity contribution in [1.29, 1.82) is 0 Å². The number of halogens is 1. The van der Waals surface area contributed by atoms with Crippen molar-refractivity contribution in [2.45, 2.75) is 19.9 Å². The molecular weight excluding hydrogens is 217 g/mol. The van der Waals surface area contributed by atoms with Crippen LogP contribution < -0.4 is 5.32 Å². The fourth-order valence-corrected chi connectivity index (χ4v) is 1.71. The standard InChI is InChI=1S/C13H16FN3/c1-9-7-13(16-17(9)3)15-10(2)11-5-4-6-12(14)8-11/h4-8,10H,1-3H3,(H,15,16). The van der Waals surface area contributed by atoms with E-state index in [0.717, 1.165) is 17.1 Å². The first-order valence-corrected chi connectivity index (χ1v) is 5.59. The van der Waals surface area contributed by atoms with Crippen LogP contribution in [0.1, 0.15) is 24.2 Å². The normalized spacial score (nSPS) is 12.5. The molecule has 4 heteroatoms.